The molecule has 1 saturated heterocycles. The largest absolute Gasteiger partial charge is 0.533 e. The zero-order valence-corrected chi connectivity index (χ0v) is 25.1. The van der Waals surface area contributed by atoms with Gasteiger partial charge in [-0.2, -0.15) is 9.83 Å². The molecular weight excluding hydrogens is 582 g/mol. The van der Waals surface area contributed by atoms with Crippen LogP contribution in [0.25, 0.3) is 17.3 Å². The van der Waals surface area contributed by atoms with Gasteiger partial charge in [0.15, 0.2) is 11.9 Å². The summed E-state index contributed by atoms with van der Waals surface area (Å²) in [6.07, 6.45) is 5.48. The number of carbonyl (C=O) groups is 3. The molecule has 5 rings (SSSR count). The van der Waals surface area contributed by atoms with Crippen molar-refractivity contribution in [3.8, 4) is 17.6 Å². The van der Waals surface area contributed by atoms with Gasteiger partial charge in [-0.1, -0.05) is 17.2 Å². The molecule has 13 nitrogen and oxygen atoms in total. The second-order valence-electron chi connectivity index (χ2n) is 11.2. The Bertz CT molecular complexity index is 1980. The lowest BCUT2D eigenvalue weighted by molar-refractivity contribution is -0.599. The average Bonchev–Trinajstić information content (AvgIpc) is 3.45. The first-order valence-corrected chi connectivity index (χ1v) is 14.0. The first-order chi connectivity index (χ1) is 21.3. The van der Waals surface area contributed by atoms with E-state index in [2.05, 4.69) is 19.9 Å². The Kier molecular flexibility index (Phi) is 7.99. The van der Waals surface area contributed by atoms with Crippen LogP contribution in [-0.2, 0) is 45.1 Å². The van der Waals surface area contributed by atoms with Crippen molar-refractivity contribution in [2.24, 2.45) is 14.1 Å². The number of aromatic hydroxyl groups is 1. The van der Waals surface area contributed by atoms with Gasteiger partial charge in [-0.25, -0.2) is 9.59 Å². The van der Waals surface area contributed by atoms with Crippen LogP contribution in [0.2, 0.25) is 0 Å². The molecule has 45 heavy (non-hydrogen) atoms. The van der Waals surface area contributed by atoms with Crippen molar-refractivity contribution in [3.63, 3.8) is 0 Å². The highest BCUT2D eigenvalue weighted by molar-refractivity contribution is 6.01. The van der Waals surface area contributed by atoms with E-state index in [9.17, 15) is 34.3 Å². The van der Waals surface area contributed by atoms with Gasteiger partial charge < -0.3 is 9.84 Å². The standard InChI is InChI=1S/C32H29N5O8/c1-32(2)23-16-19(13-15-44-31(43)45-37-26(38)10-11-27(37)39)8-9-24(23)36-14-12-20(17-25(32)36)21(18-33)6-5-7-22-28(40)34(3)30(42)35(4)29(22)41/h5-9,12,14,16-17H,10-11,13,15H2,1-4H3/p+1. The number of hydrogen-bond donors (Lipinski definition) is 1. The highest BCUT2D eigenvalue weighted by atomic mass is 16.8. The summed E-state index contributed by atoms with van der Waals surface area (Å²) >= 11 is 0. The molecule has 13 heteroatoms. The molecule has 1 N–H and O–H groups in total. The van der Waals surface area contributed by atoms with Gasteiger partial charge >= 0.3 is 11.8 Å². The topological polar surface area (TPSA) is 165 Å². The van der Waals surface area contributed by atoms with E-state index in [1.807, 2.05) is 41.1 Å². The number of hydroxylamine groups is 2. The molecule has 2 amide bonds. The molecular formula is C32H30N5O8+. The lowest BCUT2D eigenvalue weighted by atomic mass is 9.82. The zero-order chi connectivity index (χ0) is 32.6. The first kappa shape index (κ1) is 30.7. The molecule has 0 spiro atoms. The number of carbonyl (C=O) groups excluding carboxylic acids is 3. The van der Waals surface area contributed by atoms with Gasteiger partial charge in [-0.05, 0) is 37.6 Å². The van der Waals surface area contributed by atoms with E-state index >= 15 is 0 Å². The maximum absolute atomic E-state index is 12.5. The maximum atomic E-state index is 12.5. The van der Waals surface area contributed by atoms with Gasteiger partial charge in [0, 0.05) is 62.7 Å². The SMILES string of the molecule is Cn1c(O)c(/C=C/C=C(\C#N)c2cc[n+]3c(c2)C(C)(C)c2cc(CCOC(=O)ON4C(=O)CCC4=O)ccc2-3)c(=O)n(C)c1=O. The molecule has 0 unspecified atom stereocenters. The Morgan fingerprint density at radius 2 is 1.80 bits per heavy atom. The van der Waals surface area contributed by atoms with Crippen LogP contribution >= 0.6 is 0 Å². The zero-order valence-electron chi connectivity index (χ0n) is 25.1. The quantitative estimate of drug-likeness (QED) is 0.138. The third kappa shape index (κ3) is 5.53. The minimum Gasteiger partial charge on any atom is -0.494 e. The van der Waals surface area contributed by atoms with Crippen LogP contribution in [0.3, 0.4) is 0 Å². The number of hydrogen-bond acceptors (Lipinski definition) is 9. The smallest absolute Gasteiger partial charge is 0.494 e. The summed E-state index contributed by atoms with van der Waals surface area (Å²) in [5.74, 6) is -1.64. The summed E-state index contributed by atoms with van der Waals surface area (Å²) in [5, 5.41) is 20.7. The Morgan fingerprint density at radius 1 is 1.09 bits per heavy atom. The number of benzene rings is 1. The molecule has 0 radical (unpaired) electrons. The van der Waals surface area contributed by atoms with E-state index in [0.29, 0.717) is 22.6 Å². The minimum atomic E-state index is -1.12. The molecule has 0 aliphatic carbocycles. The van der Waals surface area contributed by atoms with E-state index < -0.39 is 40.5 Å². The van der Waals surface area contributed by atoms with Crippen LogP contribution in [0.4, 0.5) is 4.79 Å². The normalized spacial score (nSPS) is 15.3. The molecule has 4 heterocycles. The Hall–Kier alpha value is -5.77. The molecule has 0 atom stereocenters. The van der Waals surface area contributed by atoms with Crippen LogP contribution in [-0.4, -0.2) is 43.9 Å². The minimum absolute atomic E-state index is 0.00383. The van der Waals surface area contributed by atoms with Crippen molar-refractivity contribution in [2.75, 3.05) is 6.61 Å². The number of ether oxygens (including phenoxy) is 1. The number of aromatic nitrogens is 3. The molecule has 1 aromatic carbocycles. The molecule has 0 saturated carbocycles. The summed E-state index contributed by atoms with van der Waals surface area (Å²) in [5.41, 5.74) is 2.93. The van der Waals surface area contributed by atoms with Crippen LogP contribution in [0, 0.1) is 11.3 Å². The predicted octanol–water partition coefficient (Wildman–Crippen LogP) is 2.09. The van der Waals surface area contributed by atoms with Gasteiger partial charge in [0.1, 0.15) is 5.56 Å². The number of allylic oxidation sites excluding steroid dienone is 3. The number of nitriles is 1. The number of nitrogens with zero attached hydrogens (tertiary/aromatic N) is 5. The lowest BCUT2D eigenvalue weighted by Crippen LogP contribution is -2.37. The fourth-order valence-corrected chi connectivity index (χ4v) is 5.40. The number of pyridine rings is 1. The summed E-state index contributed by atoms with van der Waals surface area (Å²) in [4.78, 5) is 64.4. The monoisotopic (exact) mass is 612 g/mol. The number of amides is 2. The van der Waals surface area contributed by atoms with Gasteiger partial charge in [0.05, 0.1) is 23.7 Å². The van der Waals surface area contributed by atoms with E-state index in [-0.39, 0.29) is 25.0 Å². The summed E-state index contributed by atoms with van der Waals surface area (Å²) in [7, 11) is 2.67. The van der Waals surface area contributed by atoms with Crippen LogP contribution in [0.15, 0.2) is 58.3 Å². The van der Waals surface area contributed by atoms with Crippen molar-refractivity contribution in [3.05, 3.63) is 97.5 Å². The lowest BCUT2D eigenvalue weighted by Gasteiger charge is -2.15. The third-order valence-corrected chi connectivity index (χ3v) is 8.00. The number of fused-ring (bicyclic) bond motifs is 3. The number of rotatable bonds is 7. The number of imide groups is 1. The van der Waals surface area contributed by atoms with Crippen LogP contribution in [0.1, 0.15) is 54.6 Å². The van der Waals surface area contributed by atoms with Crippen molar-refractivity contribution in [1.29, 1.82) is 5.26 Å². The van der Waals surface area contributed by atoms with E-state index in [4.69, 9.17) is 9.57 Å². The van der Waals surface area contributed by atoms with Crippen molar-refractivity contribution < 1.29 is 33.6 Å². The van der Waals surface area contributed by atoms with E-state index in [1.54, 1.807) is 0 Å². The maximum Gasteiger partial charge on any atom is 0.533 e. The van der Waals surface area contributed by atoms with Crippen LogP contribution < -0.4 is 15.8 Å². The van der Waals surface area contributed by atoms with Gasteiger partial charge in [0.2, 0.25) is 11.6 Å². The molecule has 3 aromatic rings. The summed E-state index contributed by atoms with van der Waals surface area (Å²) in [6, 6.07) is 11.8. The predicted molar refractivity (Wildman–Crippen MR) is 159 cm³/mol. The molecule has 1 fully saturated rings. The average molecular weight is 613 g/mol. The third-order valence-electron chi connectivity index (χ3n) is 8.00. The second kappa shape index (κ2) is 11.7. The molecule has 2 aliphatic rings. The van der Waals surface area contributed by atoms with Gasteiger partial charge in [-0.15, -0.1) is 0 Å². The summed E-state index contributed by atoms with van der Waals surface area (Å²) < 4.78 is 8.97. The Labute approximate surface area is 257 Å². The first-order valence-electron chi connectivity index (χ1n) is 14.0. The molecule has 2 aliphatic heterocycles. The Morgan fingerprint density at radius 3 is 2.49 bits per heavy atom. The fourth-order valence-electron chi connectivity index (χ4n) is 5.40. The highest BCUT2D eigenvalue weighted by Crippen LogP contribution is 2.39. The van der Waals surface area contributed by atoms with E-state index in [0.717, 1.165) is 31.6 Å². The van der Waals surface area contributed by atoms with Crippen molar-refractivity contribution >= 4 is 29.6 Å². The Balaban J connectivity index is 1.32. The van der Waals surface area contributed by atoms with Gasteiger partial charge in [-0.3, -0.25) is 28.4 Å². The van der Waals surface area contributed by atoms with Crippen molar-refractivity contribution in [1.82, 2.24) is 14.2 Å². The molecule has 2 aromatic heterocycles. The van der Waals surface area contributed by atoms with Gasteiger partial charge in [0.25, 0.3) is 17.4 Å². The van der Waals surface area contributed by atoms with Crippen LogP contribution in [0.5, 0.6) is 5.88 Å². The van der Waals surface area contributed by atoms with E-state index in [1.165, 1.54) is 32.3 Å². The highest BCUT2D eigenvalue weighted by Gasteiger charge is 2.44. The summed E-state index contributed by atoms with van der Waals surface area (Å²) in [6.45, 7) is 4.10. The second-order valence-corrected chi connectivity index (χ2v) is 11.2. The van der Waals surface area contributed by atoms with Crippen molar-refractivity contribution in [2.45, 2.75) is 38.5 Å². The molecule has 230 valence electrons. The fraction of sp³-hybridized carbons (Fsp3) is 0.281. The molecule has 0 bridgehead atoms.